The first-order valence-electron chi connectivity index (χ1n) is 5.78. The van der Waals surface area contributed by atoms with Crippen molar-refractivity contribution in [3.8, 4) is 0 Å². The number of aliphatic hydroxyl groups is 1. The number of nitrogens with zero attached hydrogens (tertiary/aromatic N) is 1. The largest absolute Gasteiger partial charge is 0.396 e. The number of rotatable bonds is 6. The Morgan fingerprint density at radius 1 is 1.53 bits per heavy atom. The highest BCUT2D eigenvalue weighted by Gasteiger charge is 2.21. The molecule has 4 heteroatoms. The summed E-state index contributed by atoms with van der Waals surface area (Å²) in [7, 11) is 0. The van der Waals surface area contributed by atoms with Gasteiger partial charge in [-0.1, -0.05) is 0 Å². The summed E-state index contributed by atoms with van der Waals surface area (Å²) in [6, 6.07) is 0.624. The molecular weight excluding hydrogens is 210 g/mol. The molecule has 1 N–H and O–H groups in total. The fourth-order valence-corrected chi connectivity index (χ4v) is 2.66. The van der Waals surface area contributed by atoms with Crippen LogP contribution in [0.25, 0.3) is 0 Å². The molecule has 0 aromatic rings. The summed E-state index contributed by atoms with van der Waals surface area (Å²) in [5.41, 5.74) is 0. The van der Waals surface area contributed by atoms with Gasteiger partial charge in [-0.25, -0.2) is 0 Å². The van der Waals surface area contributed by atoms with Crippen LogP contribution in [0.1, 0.15) is 20.3 Å². The average molecular weight is 233 g/mol. The molecule has 1 fully saturated rings. The smallest absolute Gasteiger partial charge is 0.0792 e. The maximum atomic E-state index is 8.67. The lowest BCUT2D eigenvalue weighted by atomic mass is 10.2. The molecule has 0 aromatic carbocycles. The summed E-state index contributed by atoms with van der Waals surface area (Å²) in [6.07, 6.45) is 1.27. The molecule has 1 atom stereocenters. The van der Waals surface area contributed by atoms with Gasteiger partial charge in [-0.05, 0) is 26.0 Å². The van der Waals surface area contributed by atoms with Crippen LogP contribution < -0.4 is 0 Å². The summed E-state index contributed by atoms with van der Waals surface area (Å²) >= 11 is 1.89. The van der Waals surface area contributed by atoms with Gasteiger partial charge in [-0.3, -0.25) is 4.90 Å². The third kappa shape index (κ3) is 5.20. The van der Waals surface area contributed by atoms with E-state index in [9.17, 15) is 0 Å². The molecule has 90 valence electrons. The molecule has 1 unspecified atom stereocenters. The molecule has 1 aliphatic heterocycles. The van der Waals surface area contributed by atoms with E-state index in [1.165, 1.54) is 0 Å². The van der Waals surface area contributed by atoms with Crippen LogP contribution in [-0.4, -0.2) is 60.0 Å². The lowest BCUT2D eigenvalue weighted by Crippen LogP contribution is -2.46. The van der Waals surface area contributed by atoms with Crippen molar-refractivity contribution in [3.63, 3.8) is 0 Å². The molecule has 0 radical (unpaired) electrons. The van der Waals surface area contributed by atoms with Crippen LogP contribution in [-0.2, 0) is 4.74 Å². The SMILES string of the molecule is CC(C)N1CCOC(CSCCCO)C1. The molecule has 0 aromatic heterocycles. The van der Waals surface area contributed by atoms with Crippen molar-refractivity contribution in [3.05, 3.63) is 0 Å². The molecule has 0 spiro atoms. The van der Waals surface area contributed by atoms with Crippen LogP contribution in [0.5, 0.6) is 0 Å². The average Bonchev–Trinajstić information content (AvgIpc) is 2.25. The van der Waals surface area contributed by atoms with Gasteiger partial charge in [0.1, 0.15) is 0 Å². The Morgan fingerprint density at radius 2 is 2.33 bits per heavy atom. The number of hydrogen-bond donors (Lipinski definition) is 1. The van der Waals surface area contributed by atoms with Crippen molar-refractivity contribution in [2.75, 3.05) is 37.8 Å². The first-order chi connectivity index (χ1) is 7.24. The summed E-state index contributed by atoms with van der Waals surface area (Å²) in [6.45, 7) is 7.77. The van der Waals surface area contributed by atoms with Gasteiger partial charge in [0.25, 0.3) is 0 Å². The first kappa shape index (κ1) is 13.3. The molecule has 1 saturated heterocycles. The highest BCUT2D eigenvalue weighted by atomic mass is 32.2. The maximum absolute atomic E-state index is 8.67. The van der Waals surface area contributed by atoms with Crippen molar-refractivity contribution in [2.45, 2.75) is 32.4 Å². The molecule has 3 nitrogen and oxygen atoms in total. The van der Waals surface area contributed by atoms with Gasteiger partial charge in [-0.15, -0.1) is 0 Å². The van der Waals surface area contributed by atoms with Gasteiger partial charge < -0.3 is 9.84 Å². The van der Waals surface area contributed by atoms with E-state index in [4.69, 9.17) is 9.84 Å². The van der Waals surface area contributed by atoms with Crippen LogP contribution in [0.4, 0.5) is 0 Å². The van der Waals surface area contributed by atoms with Gasteiger partial charge >= 0.3 is 0 Å². The monoisotopic (exact) mass is 233 g/mol. The summed E-state index contributed by atoms with van der Waals surface area (Å²) in [4.78, 5) is 2.47. The molecule has 1 rings (SSSR count). The fraction of sp³-hybridized carbons (Fsp3) is 1.00. The Labute approximate surface area is 97.2 Å². The van der Waals surface area contributed by atoms with Crippen molar-refractivity contribution >= 4 is 11.8 Å². The minimum absolute atomic E-state index is 0.302. The lowest BCUT2D eigenvalue weighted by Gasteiger charge is -2.35. The summed E-state index contributed by atoms with van der Waals surface area (Å²) < 4.78 is 5.71. The molecule has 0 aliphatic carbocycles. The second-order valence-corrected chi connectivity index (χ2v) is 5.38. The van der Waals surface area contributed by atoms with Crippen molar-refractivity contribution in [2.24, 2.45) is 0 Å². The van der Waals surface area contributed by atoms with Crippen molar-refractivity contribution in [1.82, 2.24) is 4.90 Å². The first-order valence-corrected chi connectivity index (χ1v) is 6.93. The molecule has 15 heavy (non-hydrogen) atoms. The molecular formula is C11H23NO2S. The highest BCUT2D eigenvalue weighted by molar-refractivity contribution is 7.99. The van der Waals surface area contributed by atoms with E-state index in [1.54, 1.807) is 0 Å². The Kier molecular flexibility index (Phi) is 6.64. The van der Waals surface area contributed by atoms with Crippen LogP contribution in [0.15, 0.2) is 0 Å². The number of ether oxygens (including phenoxy) is 1. The number of aliphatic hydroxyl groups excluding tert-OH is 1. The highest BCUT2D eigenvalue weighted by Crippen LogP contribution is 2.14. The van der Waals surface area contributed by atoms with Crippen LogP contribution in [0, 0.1) is 0 Å². The van der Waals surface area contributed by atoms with Crippen molar-refractivity contribution in [1.29, 1.82) is 0 Å². The Bertz CT molecular complexity index is 167. The standard InChI is InChI=1S/C11H23NO2S/c1-10(2)12-4-6-14-11(8-12)9-15-7-3-5-13/h10-11,13H,3-9H2,1-2H3. The lowest BCUT2D eigenvalue weighted by molar-refractivity contribution is -0.0265. The van der Waals surface area contributed by atoms with E-state index in [2.05, 4.69) is 18.7 Å². The van der Waals surface area contributed by atoms with E-state index in [-0.39, 0.29) is 0 Å². The Balaban J connectivity index is 2.13. The molecule has 0 bridgehead atoms. The number of thioether (sulfide) groups is 1. The zero-order valence-corrected chi connectivity index (χ0v) is 10.6. The number of hydrogen-bond acceptors (Lipinski definition) is 4. The predicted octanol–water partition coefficient (Wildman–Crippen LogP) is 1.21. The third-order valence-corrected chi connectivity index (χ3v) is 3.84. The van der Waals surface area contributed by atoms with E-state index in [0.29, 0.717) is 18.8 Å². The Hall–Kier alpha value is 0.230. The van der Waals surface area contributed by atoms with E-state index < -0.39 is 0 Å². The molecule has 1 aliphatic rings. The minimum atomic E-state index is 0.302. The zero-order valence-electron chi connectivity index (χ0n) is 9.82. The molecule has 0 amide bonds. The third-order valence-electron chi connectivity index (χ3n) is 2.65. The zero-order chi connectivity index (χ0) is 11.1. The second kappa shape index (κ2) is 7.49. The van der Waals surface area contributed by atoms with E-state index >= 15 is 0 Å². The molecule has 1 heterocycles. The van der Waals surface area contributed by atoms with Crippen LogP contribution in [0.3, 0.4) is 0 Å². The van der Waals surface area contributed by atoms with Crippen LogP contribution in [0.2, 0.25) is 0 Å². The van der Waals surface area contributed by atoms with E-state index in [0.717, 1.165) is 37.6 Å². The number of morpholine rings is 1. The normalized spacial score (nSPS) is 23.6. The summed E-state index contributed by atoms with van der Waals surface area (Å²) in [5.74, 6) is 2.10. The van der Waals surface area contributed by atoms with Gasteiger partial charge in [0.15, 0.2) is 0 Å². The van der Waals surface area contributed by atoms with Crippen molar-refractivity contribution < 1.29 is 9.84 Å². The van der Waals surface area contributed by atoms with Gasteiger partial charge in [0.2, 0.25) is 0 Å². The minimum Gasteiger partial charge on any atom is -0.396 e. The van der Waals surface area contributed by atoms with E-state index in [1.807, 2.05) is 11.8 Å². The van der Waals surface area contributed by atoms with Gasteiger partial charge in [-0.2, -0.15) is 11.8 Å². The fourth-order valence-electron chi connectivity index (χ4n) is 1.69. The van der Waals surface area contributed by atoms with Gasteiger partial charge in [0.05, 0.1) is 12.7 Å². The maximum Gasteiger partial charge on any atom is 0.0792 e. The van der Waals surface area contributed by atoms with Gasteiger partial charge in [0, 0.05) is 31.5 Å². The summed E-state index contributed by atoms with van der Waals surface area (Å²) in [5, 5.41) is 8.67. The Morgan fingerprint density at radius 3 is 3.00 bits per heavy atom. The quantitative estimate of drug-likeness (QED) is 0.699. The predicted molar refractivity (Wildman–Crippen MR) is 65.5 cm³/mol. The second-order valence-electron chi connectivity index (χ2n) is 4.23. The molecule has 0 saturated carbocycles. The topological polar surface area (TPSA) is 32.7 Å². The van der Waals surface area contributed by atoms with Crippen LogP contribution >= 0.6 is 11.8 Å².